The van der Waals surface area contributed by atoms with E-state index < -0.39 is 12.0 Å². The molecule has 1 aliphatic heterocycles. The fourth-order valence-electron chi connectivity index (χ4n) is 5.56. The van der Waals surface area contributed by atoms with Gasteiger partial charge in [0, 0.05) is 36.1 Å². The Morgan fingerprint density at radius 1 is 0.950 bits per heavy atom. The van der Waals surface area contributed by atoms with E-state index in [1.807, 2.05) is 31.2 Å². The van der Waals surface area contributed by atoms with Crippen LogP contribution in [-0.2, 0) is 12.8 Å². The van der Waals surface area contributed by atoms with E-state index in [0.29, 0.717) is 24.7 Å². The van der Waals surface area contributed by atoms with Gasteiger partial charge < -0.3 is 39.0 Å². The first-order valence-electron chi connectivity index (χ1n) is 13.7. The molecule has 2 atom stereocenters. The van der Waals surface area contributed by atoms with Crippen LogP contribution >= 0.6 is 0 Å². The van der Waals surface area contributed by atoms with Crippen molar-refractivity contribution >= 4 is 0 Å². The summed E-state index contributed by atoms with van der Waals surface area (Å²) in [6.45, 7) is 3.69. The number of aromatic hydroxyl groups is 1. The van der Waals surface area contributed by atoms with Crippen LogP contribution in [0.2, 0.25) is 0 Å². The van der Waals surface area contributed by atoms with Crippen LogP contribution in [0.5, 0.6) is 34.5 Å². The molecule has 0 spiro atoms. The number of ether oxygens (including phenoxy) is 5. The van der Waals surface area contributed by atoms with Gasteiger partial charge in [0.2, 0.25) is 5.75 Å². The summed E-state index contributed by atoms with van der Waals surface area (Å²) in [5, 5.41) is 34.7. The van der Waals surface area contributed by atoms with E-state index in [0.717, 1.165) is 58.5 Å². The van der Waals surface area contributed by atoms with Crippen molar-refractivity contribution in [3.8, 4) is 45.6 Å². The lowest BCUT2D eigenvalue weighted by Gasteiger charge is -2.35. The van der Waals surface area contributed by atoms with Crippen molar-refractivity contribution in [1.82, 2.24) is 5.32 Å². The normalized spacial score (nSPS) is 17.2. The van der Waals surface area contributed by atoms with Crippen molar-refractivity contribution in [2.24, 2.45) is 0 Å². The molecule has 3 aromatic carbocycles. The first-order valence-corrected chi connectivity index (χ1v) is 13.7. The van der Waals surface area contributed by atoms with Gasteiger partial charge in [-0.15, -0.1) is 0 Å². The van der Waals surface area contributed by atoms with Gasteiger partial charge in [0.25, 0.3) is 0 Å². The van der Waals surface area contributed by atoms with E-state index in [1.165, 1.54) is 7.11 Å². The molecule has 1 aliphatic carbocycles. The maximum Gasteiger partial charge on any atom is 0.200 e. The van der Waals surface area contributed by atoms with E-state index in [4.69, 9.17) is 28.8 Å². The summed E-state index contributed by atoms with van der Waals surface area (Å²) in [5.74, 6) is 2.11. The molecule has 214 valence electrons. The fourth-order valence-corrected chi connectivity index (χ4v) is 5.56. The molecule has 0 aromatic heterocycles. The monoisotopic (exact) mass is 551 g/mol. The van der Waals surface area contributed by atoms with Crippen molar-refractivity contribution < 1.29 is 39.0 Å². The number of hydrogen-bond donors (Lipinski definition) is 4. The quantitative estimate of drug-likeness (QED) is 0.206. The average molecular weight is 552 g/mol. The van der Waals surface area contributed by atoms with E-state index in [1.54, 1.807) is 19.2 Å². The summed E-state index contributed by atoms with van der Waals surface area (Å²) in [7, 11) is 3.14. The summed E-state index contributed by atoms with van der Waals surface area (Å²) in [4.78, 5) is 0. The molecule has 4 N–H and O–H groups in total. The maximum absolute atomic E-state index is 11.8. The highest BCUT2D eigenvalue weighted by Gasteiger charge is 2.36. The second kappa shape index (κ2) is 12.2. The van der Waals surface area contributed by atoms with E-state index in [9.17, 15) is 10.2 Å². The van der Waals surface area contributed by atoms with Gasteiger partial charge in [-0.25, -0.2) is 0 Å². The van der Waals surface area contributed by atoms with Crippen molar-refractivity contribution in [3.05, 3.63) is 58.7 Å². The van der Waals surface area contributed by atoms with Crippen LogP contribution in [0.4, 0.5) is 0 Å². The predicted molar refractivity (Wildman–Crippen MR) is 150 cm³/mol. The van der Waals surface area contributed by atoms with Gasteiger partial charge in [-0.05, 0) is 65.9 Å². The number of phenolic OH excluding ortho intramolecular Hbond substituents is 1. The largest absolute Gasteiger partial charge is 0.502 e. The molecule has 9 nitrogen and oxygen atoms in total. The van der Waals surface area contributed by atoms with Gasteiger partial charge >= 0.3 is 0 Å². The summed E-state index contributed by atoms with van der Waals surface area (Å²) in [5.41, 5.74) is 5.69. The highest BCUT2D eigenvalue weighted by atomic mass is 16.5. The number of methoxy groups -OCH3 is 2. The fraction of sp³-hybridized carbons (Fsp3) is 0.419. The molecule has 5 rings (SSSR count). The second-order valence-corrected chi connectivity index (χ2v) is 9.91. The maximum atomic E-state index is 11.8. The molecule has 0 saturated carbocycles. The zero-order valence-electron chi connectivity index (χ0n) is 23.2. The zero-order chi connectivity index (χ0) is 28.2. The van der Waals surface area contributed by atoms with Crippen LogP contribution in [0.15, 0.2) is 36.4 Å². The van der Waals surface area contributed by atoms with Gasteiger partial charge in [-0.3, -0.25) is 5.32 Å². The lowest BCUT2D eigenvalue weighted by Crippen LogP contribution is -2.26. The summed E-state index contributed by atoms with van der Waals surface area (Å²) in [6.07, 6.45) is 1.05. The van der Waals surface area contributed by atoms with Crippen LogP contribution in [0.3, 0.4) is 0 Å². The van der Waals surface area contributed by atoms with Gasteiger partial charge in [0.15, 0.2) is 11.5 Å². The SMILES string of the molecule is CCNCOc1cc(OC)c2c(c1)-c1ccc3c(c1CC2)[C@@H](O)[C@H](c1cc(OC)c(O)c(OCCCO)c1)CO3. The number of phenols is 1. The Balaban J connectivity index is 1.53. The van der Waals surface area contributed by atoms with Crippen LogP contribution in [0.1, 0.15) is 47.6 Å². The van der Waals surface area contributed by atoms with Crippen molar-refractivity contribution in [1.29, 1.82) is 0 Å². The summed E-state index contributed by atoms with van der Waals surface area (Å²) < 4.78 is 29.0. The van der Waals surface area contributed by atoms with Gasteiger partial charge in [0.05, 0.1) is 33.5 Å². The van der Waals surface area contributed by atoms with Crippen LogP contribution < -0.4 is 29.0 Å². The molecule has 1 heterocycles. The number of fused-ring (bicyclic) bond motifs is 5. The third-order valence-corrected chi connectivity index (χ3v) is 7.59. The van der Waals surface area contributed by atoms with Crippen LogP contribution in [0.25, 0.3) is 11.1 Å². The minimum Gasteiger partial charge on any atom is -0.502 e. The first kappa shape index (κ1) is 27.9. The average Bonchev–Trinajstić information content (AvgIpc) is 2.97. The van der Waals surface area contributed by atoms with Gasteiger partial charge in [0.1, 0.15) is 24.0 Å². The van der Waals surface area contributed by atoms with E-state index in [-0.39, 0.29) is 37.1 Å². The van der Waals surface area contributed by atoms with Crippen molar-refractivity contribution in [2.45, 2.75) is 38.2 Å². The Hall–Kier alpha value is -3.66. The number of aliphatic hydroxyl groups is 2. The van der Waals surface area contributed by atoms with E-state index in [2.05, 4.69) is 5.32 Å². The first-order chi connectivity index (χ1) is 19.5. The third-order valence-electron chi connectivity index (χ3n) is 7.59. The van der Waals surface area contributed by atoms with Gasteiger partial charge in [-0.2, -0.15) is 0 Å². The number of aliphatic hydroxyl groups excluding tert-OH is 2. The summed E-state index contributed by atoms with van der Waals surface area (Å²) >= 11 is 0. The number of rotatable bonds is 11. The molecular weight excluding hydrogens is 514 g/mol. The summed E-state index contributed by atoms with van der Waals surface area (Å²) in [6, 6.07) is 11.3. The number of nitrogens with one attached hydrogen (secondary N) is 1. The Bertz CT molecular complexity index is 1360. The highest BCUT2D eigenvalue weighted by molar-refractivity contribution is 5.79. The minimum atomic E-state index is -0.852. The van der Waals surface area contributed by atoms with Crippen LogP contribution in [-0.4, -0.2) is 62.6 Å². The third kappa shape index (κ3) is 5.24. The minimum absolute atomic E-state index is 0.0209. The lowest BCUT2D eigenvalue weighted by molar-refractivity contribution is 0.0877. The standard InChI is InChI=1S/C31H37NO8/c1-4-32-17-40-19-14-23-20-8-9-25-29(22(20)7-6-21(23)26(15-19)36-2)30(34)24(16-39-25)18-12-27(37-3)31(35)28(13-18)38-11-5-10-33/h8-9,12-15,24,30,32-35H,4-7,10-11,16-17H2,1-3H3/t24-,30-/m0/s1. The number of benzene rings is 3. The molecule has 0 unspecified atom stereocenters. The molecular formula is C31H37NO8. The molecule has 0 saturated heterocycles. The smallest absolute Gasteiger partial charge is 0.200 e. The van der Waals surface area contributed by atoms with Crippen molar-refractivity contribution in [2.75, 3.05) is 47.3 Å². The van der Waals surface area contributed by atoms with E-state index >= 15 is 0 Å². The molecule has 0 radical (unpaired) electrons. The van der Waals surface area contributed by atoms with Crippen LogP contribution in [0, 0.1) is 0 Å². The Labute approximate surface area is 234 Å². The topological polar surface area (TPSA) is 119 Å². The van der Waals surface area contributed by atoms with Gasteiger partial charge in [-0.1, -0.05) is 13.0 Å². The zero-order valence-corrected chi connectivity index (χ0v) is 23.2. The lowest BCUT2D eigenvalue weighted by atomic mass is 9.77. The highest BCUT2D eigenvalue weighted by Crippen LogP contribution is 2.50. The molecule has 0 bridgehead atoms. The molecule has 0 fully saturated rings. The van der Waals surface area contributed by atoms with Crippen molar-refractivity contribution in [3.63, 3.8) is 0 Å². The molecule has 40 heavy (non-hydrogen) atoms. The Morgan fingerprint density at radius 2 is 1.73 bits per heavy atom. The Kier molecular flexibility index (Phi) is 8.54. The molecule has 2 aliphatic rings. The molecule has 0 amide bonds. The number of hydrogen-bond acceptors (Lipinski definition) is 9. The second-order valence-electron chi connectivity index (χ2n) is 9.91. The molecule has 9 heteroatoms. The molecule has 3 aromatic rings. The Morgan fingerprint density at radius 3 is 2.48 bits per heavy atom. The predicted octanol–water partition coefficient (Wildman–Crippen LogP) is 4.09.